The van der Waals surface area contributed by atoms with Crippen molar-refractivity contribution in [3.63, 3.8) is 0 Å². The third-order valence-corrected chi connectivity index (χ3v) is 8.93. The number of nitrogens with two attached hydrogens (primary N) is 1. The highest BCUT2D eigenvalue weighted by molar-refractivity contribution is 7.54. The van der Waals surface area contributed by atoms with E-state index in [0.717, 1.165) is 18.4 Å². The average molecular weight is 486 g/mol. The zero-order valence-electron chi connectivity index (χ0n) is 21.0. The first-order chi connectivity index (χ1) is 15.9. The summed E-state index contributed by atoms with van der Waals surface area (Å²) in [5.41, 5.74) is 3.75. The second-order valence-electron chi connectivity index (χ2n) is 8.27. The van der Waals surface area contributed by atoms with E-state index in [0.29, 0.717) is 39.3 Å². The summed E-state index contributed by atoms with van der Waals surface area (Å²) < 4.78 is 36.9. The quantitative estimate of drug-likeness (QED) is 0.220. The van der Waals surface area contributed by atoms with Crippen LogP contribution in [-0.4, -0.2) is 79.5 Å². The molecule has 0 aromatic heterocycles. The van der Waals surface area contributed by atoms with Crippen molar-refractivity contribution in [3.05, 3.63) is 35.9 Å². The zero-order chi connectivity index (χ0) is 24.3. The van der Waals surface area contributed by atoms with Crippen LogP contribution in [0.2, 0.25) is 0 Å². The van der Waals surface area contributed by atoms with Gasteiger partial charge in [0.05, 0.1) is 24.9 Å². The zero-order valence-corrected chi connectivity index (χ0v) is 21.9. The lowest BCUT2D eigenvalue weighted by atomic mass is 10.1. The fourth-order valence-electron chi connectivity index (χ4n) is 4.18. The minimum atomic E-state index is -3.31. The van der Waals surface area contributed by atoms with E-state index in [9.17, 15) is 4.57 Å². The van der Waals surface area contributed by atoms with Gasteiger partial charge in [-0.15, -0.1) is 0 Å². The summed E-state index contributed by atoms with van der Waals surface area (Å²) in [6.45, 7) is 12.0. The molecule has 1 aliphatic rings. The minimum absolute atomic E-state index is 0.00307. The van der Waals surface area contributed by atoms with Crippen molar-refractivity contribution in [1.29, 1.82) is 0 Å². The number of hydrogen-bond acceptors (Lipinski definition) is 7. The van der Waals surface area contributed by atoms with Crippen molar-refractivity contribution in [2.24, 2.45) is 5.84 Å². The Morgan fingerprint density at radius 2 is 1.88 bits per heavy atom. The molecule has 0 amide bonds. The number of morpholine rings is 1. The highest BCUT2D eigenvalue weighted by Crippen LogP contribution is 2.56. The van der Waals surface area contributed by atoms with Crippen molar-refractivity contribution in [2.45, 2.75) is 58.8 Å². The number of nitrogens with zero attached hydrogens (tertiary/aromatic N) is 3. The van der Waals surface area contributed by atoms with Crippen molar-refractivity contribution >= 4 is 7.67 Å². The summed E-state index contributed by atoms with van der Waals surface area (Å²) in [6.07, 6.45) is 1.48. The number of nitrogens with one attached hydrogen (secondary N) is 1. The van der Waals surface area contributed by atoms with Crippen molar-refractivity contribution in [2.75, 3.05) is 53.0 Å². The largest absolute Gasteiger partial charge is 0.378 e. The highest BCUT2D eigenvalue weighted by Gasteiger charge is 2.43. The van der Waals surface area contributed by atoms with E-state index in [1.165, 1.54) is 0 Å². The van der Waals surface area contributed by atoms with E-state index in [1.54, 1.807) is 7.11 Å². The van der Waals surface area contributed by atoms with Gasteiger partial charge in [0.15, 0.2) is 0 Å². The number of hydrazine groups is 2. The first-order valence-electron chi connectivity index (χ1n) is 12.1. The molecule has 9 nitrogen and oxygen atoms in total. The minimum Gasteiger partial charge on any atom is -0.378 e. The predicted octanol–water partition coefficient (Wildman–Crippen LogP) is 3.41. The third kappa shape index (κ3) is 7.82. The molecule has 2 rings (SSSR count). The van der Waals surface area contributed by atoms with Gasteiger partial charge in [0.1, 0.15) is 0 Å². The Labute approximate surface area is 200 Å². The van der Waals surface area contributed by atoms with Crippen LogP contribution in [0.5, 0.6) is 0 Å². The molecule has 1 aromatic rings. The first kappa shape index (κ1) is 28.4. The molecule has 0 aliphatic carbocycles. The van der Waals surface area contributed by atoms with Crippen LogP contribution in [0, 0.1) is 0 Å². The maximum atomic E-state index is 14.6. The normalized spacial score (nSPS) is 22.5. The van der Waals surface area contributed by atoms with Gasteiger partial charge >= 0.3 is 7.67 Å². The fourth-order valence-corrected chi connectivity index (χ4v) is 6.68. The summed E-state index contributed by atoms with van der Waals surface area (Å²) in [6, 6.07) is 10.2. The fraction of sp³-hybridized carbons (Fsp3) is 0.739. The number of methoxy groups -OCH3 is 1. The molecule has 1 aromatic carbocycles. The van der Waals surface area contributed by atoms with Crippen LogP contribution in [0.25, 0.3) is 0 Å². The molecule has 33 heavy (non-hydrogen) atoms. The van der Waals surface area contributed by atoms with E-state index in [-0.39, 0.29) is 24.9 Å². The van der Waals surface area contributed by atoms with Crippen LogP contribution in [0.3, 0.4) is 0 Å². The van der Waals surface area contributed by atoms with Crippen LogP contribution < -0.4 is 11.4 Å². The number of ether oxygens (including phenoxy) is 2. The summed E-state index contributed by atoms with van der Waals surface area (Å²) in [4.78, 5) is 0. The highest BCUT2D eigenvalue weighted by atomic mass is 31.2. The maximum Gasteiger partial charge on any atom is 0.346 e. The van der Waals surface area contributed by atoms with Gasteiger partial charge in [-0.05, 0) is 12.0 Å². The van der Waals surface area contributed by atoms with E-state index in [2.05, 4.69) is 24.6 Å². The Morgan fingerprint density at radius 1 is 1.18 bits per heavy atom. The van der Waals surface area contributed by atoms with E-state index in [1.807, 2.05) is 53.3 Å². The summed E-state index contributed by atoms with van der Waals surface area (Å²) in [7, 11) is -1.68. The molecule has 1 fully saturated rings. The summed E-state index contributed by atoms with van der Waals surface area (Å²) in [5.74, 6) is 5.59. The number of benzene rings is 1. The molecule has 1 aliphatic heterocycles. The molecule has 3 N–H and O–H groups in total. The van der Waals surface area contributed by atoms with Crippen LogP contribution in [0.15, 0.2) is 30.3 Å². The molecule has 0 radical (unpaired) electrons. The molecule has 1 saturated heterocycles. The third-order valence-electron chi connectivity index (χ3n) is 6.12. The van der Waals surface area contributed by atoms with Crippen molar-refractivity contribution in [3.8, 4) is 0 Å². The van der Waals surface area contributed by atoms with Gasteiger partial charge in [-0.25, -0.2) is 14.3 Å². The molecule has 0 spiro atoms. The predicted molar refractivity (Wildman–Crippen MR) is 132 cm³/mol. The molecule has 10 heteroatoms. The Kier molecular flexibility index (Phi) is 12.5. The molecule has 4 atom stereocenters. The second-order valence-corrected chi connectivity index (χ2v) is 10.6. The Balaban J connectivity index is 2.28. The topological polar surface area (TPSA) is 92.5 Å². The van der Waals surface area contributed by atoms with E-state index < -0.39 is 7.67 Å². The molecule has 190 valence electrons. The van der Waals surface area contributed by atoms with Gasteiger partial charge in [0.25, 0.3) is 0 Å². The monoisotopic (exact) mass is 485 g/mol. The van der Waals surface area contributed by atoms with Gasteiger partial charge in [-0.1, -0.05) is 64.4 Å². The van der Waals surface area contributed by atoms with Gasteiger partial charge in [0.2, 0.25) is 0 Å². The lowest BCUT2D eigenvalue weighted by Crippen LogP contribution is -2.48. The molecule has 0 saturated carbocycles. The smallest absolute Gasteiger partial charge is 0.346 e. The molecule has 4 unspecified atom stereocenters. The first-order valence-corrected chi connectivity index (χ1v) is 13.7. The number of hydrogen-bond donors (Lipinski definition) is 2. The van der Waals surface area contributed by atoms with Crippen LogP contribution in [-0.2, 0) is 18.6 Å². The number of rotatable bonds is 15. The van der Waals surface area contributed by atoms with Gasteiger partial charge in [0, 0.05) is 46.4 Å². The Bertz CT molecular complexity index is 705. The second kappa shape index (κ2) is 14.5. The van der Waals surface area contributed by atoms with Gasteiger partial charge in [-0.2, -0.15) is 5.53 Å². The molecule has 0 bridgehead atoms. The molecular formula is C23H44N5O4P. The van der Waals surface area contributed by atoms with E-state index in [4.69, 9.17) is 19.8 Å². The molecule has 1 heterocycles. The Hall–Kier alpha value is -0.870. The van der Waals surface area contributed by atoms with Crippen molar-refractivity contribution < 1.29 is 18.6 Å². The molecular weight excluding hydrogens is 441 g/mol. The van der Waals surface area contributed by atoms with Crippen LogP contribution in [0.1, 0.15) is 52.2 Å². The van der Waals surface area contributed by atoms with Crippen molar-refractivity contribution in [1.82, 2.24) is 19.9 Å². The SMILES string of the molecule is CCCC1CN(P(=O)(OCC(CN(CC)NN)OC)N(CC)CC)CC(c2ccccc2)O1. The van der Waals surface area contributed by atoms with Gasteiger partial charge in [-0.3, -0.25) is 10.4 Å². The summed E-state index contributed by atoms with van der Waals surface area (Å²) >= 11 is 0. The van der Waals surface area contributed by atoms with Gasteiger partial charge < -0.3 is 14.0 Å². The lowest BCUT2D eigenvalue weighted by Gasteiger charge is -2.44. The Morgan fingerprint density at radius 3 is 2.42 bits per heavy atom. The lowest BCUT2D eigenvalue weighted by molar-refractivity contribution is -0.0753. The standard InChI is InChI=1S/C23H44N5O4P/c1-6-13-21-17-28(18-23(32-21)20-14-11-10-12-15-20)33(29,27(8-3)9-4)31-19-22(30-5)16-26(7-2)25-24/h10-12,14-15,21-23,25H,6-9,13,16-19,24H2,1-5H3. The average Bonchev–Trinajstić information content (AvgIpc) is 2.85. The summed E-state index contributed by atoms with van der Waals surface area (Å²) in [5, 5.41) is 1.83. The van der Waals surface area contributed by atoms with Crippen LogP contribution >= 0.6 is 7.67 Å². The van der Waals surface area contributed by atoms with Crippen LogP contribution in [0.4, 0.5) is 0 Å². The number of likely N-dealkylation sites (N-methyl/N-ethyl adjacent to an activating group) is 1. The maximum absolute atomic E-state index is 14.6. The van der Waals surface area contributed by atoms with E-state index >= 15 is 0 Å².